The summed E-state index contributed by atoms with van der Waals surface area (Å²) < 4.78 is 36.4. The molecule has 150 valence electrons. The average molecular weight is 410 g/mol. The first-order valence-corrected chi connectivity index (χ1v) is 9.57. The quantitative estimate of drug-likeness (QED) is 0.650. The molecule has 0 aliphatic rings. The number of hydrogen-bond donors (Lipinski definition) is 2. The van der Waals surface area contributed by atoms with Gasteiger partial charge in [0.1, 0.15) is 6.54 Å². The van der Waals surface area contributed by atoms with E-state index in [-0.39, 0.29) is 11.5 Å². The summed E-state index contributed by atoms with van der Waals surface area (Å²) >= 11 is 1.59. The molecule has 2 rings (SSSR count). The average Bonchev–Trinajstić information content (AvgIpc) is 2.62. The van der Waals surface area contributed by atoms with Gasteiger partial charge in [0.2, 0.25) is 5.91 Å². The summed E-state index contributed by atoms with van der Waals surface area (Å²) in [6.07, 6.45) is -4.15. The van der Waals surface area contributed by atoms with Gasteiger partial charge in [0.25, 0.3) is 5.91 Å². The van der Waals surface area contributed by atoms with Gasteiger partial charge < -0.3 is 10.6 Å². The number of hydrogen-bond acceptors (Lipinski definition) is 3. The lowest BCUT2D eigenvalue weighted by Crippen LogP contribution is -2.33. The van der Waals surface area contributed by atoms with E-state index in [0.29, 0.717) is 17.9 Å². The van der Waals surface area contributed by atoms with Crippen LogP contribution in [0.1, 0.15) is 27.9 Å². The molecular weight excluding hydrogens is 389 g/mol. The highest BCUT2D eigenvalue weighted by atomic mass is 32.2. The molecule has 0 unspecified atom stereocenters. The number of alkyl halides is 3. The molecule has 28 heavy (non-hydrogen) atoms. The summed E-state index contributed by atoms with van der Waals surface area (Å²) in [6.45, 7) is 2.70. The van der Waals surface area contributed by atoms with Crippen LogP contribution in [0.3, 0.4) is 0 Å². The van der Waals surface area contributed by atoms with Gasteiger partial charge in [-0.2, -0.15) is 13.2 Å². The van der Waals surface area contributed by atoms with Crippen LogP contribution >= 0.6 is 11.8 Å². The van der Waals surface area contributed by atoms with Gasteiger partial charge in [-0.1, -0.05) is 6.07 Å². The lowest BCUT2D eigenvalue weighted by atomic mass is 10.1. The number of anilines is 1. The van der Waals surface area contributed by atoms with Gasteiger partial charge in [-0.3, -0.25) is 9.59 Å². The summed E-state index contributed by atoms with van der Waals surface area (Å²) in [5.41, 5.74) is 2.99. The monoisotopic (exact) mass is 410 g/mol. The lowest BCUT2D eigenvalue weighted by molar-refractivity contribution is -0.123. The molecule has 0 saturated heterocycles. The van der Waals surface area contributed by atoms with Crippen LogP contribution in [0.15, 0.2) is 47.4 Å². The van der Waals surface area contributed by atoms with Crippen LogP contribution in [0.4, 0.5) is 18.9 Å². The standard InChI is InChI=1S/C20H21F3N2O2S/c1-13-3-8-17(11-14(13)2)28-10-9-18(26)25-16-6-4-15(5-7-16)19(27)24-12-20(21,22)23/h3-8,11H,9-10,12H2,1-2H3,(H,24,27)(H,25,26). The van der Waals surface area contributed by atoms with Gasteiger partial charge >= 0.3 is 6.18 Å². The molecule has 0 saturated carbocycles. The van der Waals surface area contributed by atoms with Crippen molar-refractivity contribution in [2.75, 3.05) is 17.6 Å². The number of carbonyl (C=O) groups is 2. The fourth-order valence-corrected chi connectivity index (χ4v) is 3.22. The maximum atomic E-state index is 12.1. The summed E-state index contributed by atoms with van der Waals surface area (Å²) in [5, 5.41) is 4.50. The number of benzene rings is 2. The molecule has 0 atom stereocenters. The zero-order valence-corrected chi connectivity index (χ0v) is 16.3. The molecule has 0 heterocycles. The first-order chi connectivity index (χ1) is 13.1. The third-order valence-corrected chi connectivity index (χ3v) is 4.95. The predicted molar refractivity (Wildman–Crippen MR) is 105 cm³/mol. The molecule has 8 heteroatoms. The Kier molecular flexibility index (Phi) is 7.51. The van der Waals surface area contributed by atoms with Crippen molar-refractivity contribution in [1.82, 2.24) is 5.32 Å². The number of rotatable bonds is 7. The maximum absolute atomic E-state index is 12.1. The second-order valence-corrected chi connectivity index (χ2v) is 7.44. The minimum Gasteiger partial charge on any atom is -0.343 e. The molecule has 0 aliphatic carbocycles. The second kappa shape index (κ2) is 9.64. The van der Waals surface area contributed by atoms with E-state index in [0.717, 1.165) is 4.90 Å². The Morgan fingerprint density at radius 2 is 1.68 bits per heavy atom. The van der Waals surface area contributed by atoms with Crippen LogP contribution in [-0.2, 0) is 4.79 Å². The van der Waals surface area contributed by atoms with E-state index >= 15 is 0 Å². The summed E-state index contributed by atoms with van der Waals surface area (Å²) in [4.78, 5) is 24.8. The number of halogens is 3. The second-order valence-electron chi connectivity index (χ2n) is 6.27. The Hall–Kier alpha value is -2.48. The molecule has 0 aliphatic heterocycles. The van der Waals surface area contributed by atoms with Crippen molar-refractivity contribution in [3.8, 4) is 0 Å². The SMILES string of the molecule is Cc1ccc(SCCC(=O)Nc2ccc(C(=O)NCC(F)(F)F)cc2)cc1C. The summed E-state index contributed by atoms with van der Waals surface area (Å²) in [6, 6.07) is 11.8. The van der Waals surface area contributed by atoms with Crippen LogP contribution in [0, 0.1) is 13.8 Å². The zero-order valence-electron chi connectivity index (χ0n) is 15.5. The largest absolute Gasteiger partial charge is 0.405 e. The molecule has 2 amide bonds. The van der Waals surface area contributed by atoms with E-state index in [1.165, 1.54) is 35.4 Å². The third-order valence-electron chi connectivity index (χ3n) is 3.96. The van der Waals surface area contributed by atoms with Gasteiger partial charge in [0, 0.05) is 28.3 Å². The van der Waals surface area contributed by atoms with E-state index in [9.17, 15) is 22.8 Å². The van der Waals surface area contributed by atoms with E-state index < -0.39 is 18.6 Å². The van der Waals surface area contributed by atoms with Crippen molar-refractivity contribution in [2.45, 2.75) is 31.3 Å². The lowest BCUT2D eigenvalue weighted by Gasteiger charge is -2.09. The van der Waals surface area contributed by atoms with Crippen molar-refractivity contribution >= 4 is 29.3 Å². The topological polar surface area (TPSA) is 58.2 Å². The van der Waals surface area contributed by atoms with E-state index in [4.69, 9.17) is 0 Å². The van der Waals surface area contributed by atoms with Crippen molar-refractivity contribution < 1.29 is 22.8 Å². The fraction of sp³-hybridized carbons (Fsp3) is 0.300. The van der Waals surface area contributed by atoms with Gasteiger partial charge in [0.05, 0.1) is 0 Å². The minimum absolute atomic E-state index is 0.0903. The Bertz CT molecular complexity index is 836. The van der Waals surface area contributed by atoms with Gasteiger partial charge in [0.15, 0.2) is 0 Å². The Balaban J connectivity index is 1.78. The molecule has 2 N–H and O–H groups in total. The molecule has 0 fully saturated rings. The van der Waals surface area contributed by atoms with E-state index in [1.54, 1.807) is 17.1 Å². The third kappa shape index (κ3) is 7.26. The van der Waals surface area contributed by atoms with Gasteiger partial charge in [-0.25, -0.2) is 0 Å². The molecule has 0 aromatic heterocycles. The minimum atomic E-state index is -4.46. The Morgan fingerprint density at radius 1 is 1.00 bits per heavy atom. The molecule has 0 spiro atoms. The zero-order chi connectivity index (χ0) is 20.7. The number of nitrogens with one attached hydrogen (secondary N) is 2. The number of amides is 2. The van der Waals surface area contributed by atoms with Crippen LogP contribution in [-0.4, -0.2) is 30.3 Å². The van der Waals surface area contributed by atoms with Crippen molar-refractivity contribution in [1.29, 1.82) is 0 Å². The van der Waals surface area contributed by atoms with Crippen molar-refractivity contribution in [3.63, 3.8) is 0 Å². The molecular formula is C20H21F3N2O2S. The summed E-state index contributed by atoms with van der Waals surface area (Å²) in [5.74, 6) is -0.377. The summed E-state index contributed by atoms with van der Waals surface area (Å²) in [7, 11) is 0. The fourth-order valence-electron chi connectivity index (χ4n) is 2.28. The number of aryl methyl sites for hydroxylation is 2. The van der Waals surface area contributed by atoms with Crippen LogP contribution in [0.25, 0.3) is 0 Å². The van der Waals surface area contributed by atoms with Gasteiger partial charge in [-0.15, -0.1) is 11.8 Å². The first kappa shape index (κ1) is 21.8. The highest BCUT2D eigenvalue weighted by Crippen LogP contribution is 2.22. The van der Waals surface area contributed by atoms with Crippen molar-refractivity contribution in [3.05, 3.63) is 59.2 Å². The molecule has 2 aromatic rings. The first-order valence-electron chi connectivity index (χ1n) is 8.59. The highest BCUT2D eigenvalue weighted by Gasteiger charge is 2.27. The smallest absolute Gasteiger partial charge is 0.343 e. The van der Waals surface area contributed by atoms with E-state index in [2.05, 4.69) is 11.4 Å². The highest BCUT2D eigenvalue weighted by molar-refractivity contribution is 7.99. The van der Waals surface area contributed by atoms with Crippen molar-refractivity contribution in [2.24, 2.45) is 0 Å². The molecule has 0 bridgehead atoms. The van der Waals surface area contributed by atoms with E-state index in [1.807, 2.05) is 26.0 Å². The molecule has 0 radical (unpaired) electrons. The number of thioether (sulfide) groups is 1. The molecule has 2 aromatic carbocycles. The maximum Gasteiger partial charge on any atom is 0.405 e. The Labute approximate surface area is 165 Å². The number of carbonyl (C=O) groups excluding carboxylic acids is 2. The predicted octanol–water partition coefficient (Wildman–Crippen LogP) is 4.72. The normalized spacial score (nSPS) is 11.2. The van der Waals surface area contributed by atoms with Gasteiger partial charge in [-0.05, 0) is 61.4 Å². The van der Waals surface area contributed by atoms with Crippen LogP contribution in [0.2, 0.25) is 0 Å². The van der Waals surface area contributed by atoms with Crippen LogP contribution in [0.5, 0.6) is 0 Å². The Morgan fingerprint density at radius 3 is 2.29 bits per heavy atom. The van der Waals surface area contributed by atoms with Crippen LogP contribution < -0.4 is 10.6 Å². The molecule has 4 nitrogen and oxygen atoms in total.